The second kappa shape index (κ2) is 9.78. The highest BCUT2D eigenvalue weighted by Gasteiger charge is 2.11. The van der Waals surface area contributed by atoms with Crippen LogP contribution < -0.4 is 15.4 Å². The molecule has 0 unspecified atom stereocenters. The van der Waals surface area contributed by atoms with Crippen LogP contribution in [0.1, 0.15) is 28.7 Å². The minimum atomic E-state index is -0.155. The molecule has 4 aromatic rings. The summed E-state index contributed by atoms with van der Waals surface area (Å²) < 4.78 is 10.8. The van der Waals surface area contributed by atoms with Gasteiger partial charge < -0.3 is 19.9 Å². The van der Waals surface area contributed by atoms with Gasteiger partial charge in [0, 0.05) is 22.5 Å². The molecule has 0 saturated carbocycles. The SMILES string of the molecule is CCOc1ccc(-c2noc(CNc3cc(NC(=O)c4ccccc4)ccc3C)n2)cc1. The zero-order valence-corrected chi connectivity index (χ0v) is 18.0. The van der Waals surface area contributed by atoms with Crippen molar-refractivity contribution in [2.75, 3.05) is 17.2 Å². The summed E-state index contributed by atoms with van der Waals surface area (Å²) in [5.74, 6) is 1.63. The first-order valence-electron chi connectivity index (χ1n) is 10.4. The molecule has 0 atom stereocenters. The summed E-state index contributed by atoms with van der Waals surface area (Å²) in [6, 6.07) is 22.4. The molecule has 0 spiro atoms. The van der Waals surface area contributed by atoms with Gasteiger partial charge in [0.15, 0.2) is 0 Å². The second-order valence-electron chi connectivity index (χ2n) is 7.17. The van der Waals surface area contributed by atoms with Gasteiger partial charge in [0.05, 0.1) is 13.2 Å². The van der Waals surface area contributed by atoms with Crippen LogP contribution >= 0.6 is 0 Å². The Morgan fingerprint density at radius 3 is 2.56 bits per heavy atom. The van der Waals surface area contributed by atoms with Gasteiger partial charge >= 0.3 is 0 Å². The van der Waals surface area contributed by atoms with Gasteiger partial charge in [-0.3, -0.25) is 4.79 Å². The lowest BCUT2D eigenvalue weighted by Gasteiger charge is -2.11. The number of anilines is 2. The van der Waals surface area contributed by atoms with Crippen molar-refractivity contribution < 1.29 is 14.1 Å². The zero-order valence-electron chi connectivity index (χ0n) is 18.0. The third kappa shape index (κ3) is 5.13. The van der Waals surface area contributed by atoms with Crippen LogP contribution in [0.2, 0.25) is 0 Å². The van der Waals surface area contributed by atoms with Gasteiger partial charge in [-0.2, -0.15) is 4.98 Å². The van der Waals surface area contributed by atoms with E-state index in [-0.39, 0.29) is 5.91 Å². The summed E-state index contributed by atoms with van der Waals surface area (Å²) >= 11 is 0. The first-order valence-corrected chi connectivity index (χ1v) is 10.4. The second-order valence-corrected chi connectivity index (χ2v) is 7.17. The molecule has 7 nitrogen and oxygen atoms in total. The van der Waals surface area contributed by atoms with Crippen molar-refractivity contribution in [3.63, 3.8) is 0 Å². The lowest BCUT2D eigenvalue weighted by Crippen LogP contribution is -2.12. The Bertz CT molecular complexity index is 1190. The fourth-order valence-electron chi connectivity index (χ4n) is 3.16. The van der Waals surface area contributed by atoms with Crippen LogP contribution in [-0.2, 0) is 6.54 Å². The van der Waals surface area contributed by atoms with E-state index in [1.54, 1.807) is 12.1 Å². The molecule has 2 N–H and O–H groups in total. The van der Waals surface area contributed by atoms with Crippen molar-refractivity contribution >= 4 is 17.3 Å². The summed E-state index contributed by atoms with van der Waals surface area (Å²) in [5, 5.41) is 10.3. The molecule has 162 valence electrons. The number of rotatable bonds is 8. The van der Waals surface area contributed by atoms with Gasteiger partial charge in [0.25, 0.3) is 5.91 Å². The minimum absolute atomic E-state index is 0.155. The zero-order chi connectivity index (χ0) is 22.3. The van der Waals surface area contributed by atoms with Gasteiger partial charge in [-0.1, -0.05) is 29.4 Å². The maximum atomic E-state index is 12.4. The third-order valence-corrected chi connectivity index (χ3v) is 4.85. The maximum Gasteiger partial charge on any atom is 0.255 e. The molecule has 1 heterocycles. The van der Waals surface area contributed by atoms with Crippen LogP contribution in [0.15, 0.2) is 77.3 Å². The molecule has 0 aliphatic carbocycles. The fraction of sp³-hybridized carbons (Fsp3) is 0.160. The maximum absolute atomic E-state index is 12.4. The molecule has 1 amide bonds. The first-order chi connectivity index (χ1) is 15.6. The molecule has 1 aromatic heterocycles. The molecule has 4 rings (SSSR count). The Hall–Kier alpha value is -4.13. The monoisotopic (exact) mass is 428 g/mol. The Morgan fingerprint density at radius 2 is 1.81 bits per heavy atom. The molecule has 0 fully saturated rings. The molecule has 3 aromatic carbocycles. The van der Waals surface area contributed by atoms with Gasteiger partial charge in [-0.25, -0.2) is 0 Å². The molecule has 0 saturated heterocycles. The molecule has 0 bridgehead atoms. The number of amides is 1. The minimum Gasteiger partial charge on any atom is -0.494 e. The topological polar surface area (TPSA) is 89.3 Å². The Balaban J connectivity index is 1.40. The number of carbonyl (C=O) groups excluding carboxylic acids is 1. The van der Waals surface area contributed by atoms with E-state index < -0.39 is 0 Å². The van der Waals surface area contributed by atoms with Crippen LogP contribution in [0.5, 0.6) is 5.75 Å². The van der Waals surface area contributed by atoms with E-state index in [4.69, 9.17) is 9.26 Å². The number of aryl methyl sites for hydroxylation is 1. The number of benzene rings is 3. The Morgan fingerprint density at radius 1 is 1.03 bits per heavy atom. The van der Waals surface area contributed by atoms with E-state index in [1.165, 1.54) is 0 Å². The van der Waals surface area contributed by atoms with Crippen molar-refractivity contribution in [1.29, 1.82) is 0 Å². The number of hydrogen-bond acceptors (Lipinski definition) is 6. The average molecular weight is 428 g/mol. The van der Waals surface area contributed by atoms with Gasteiger partial charge in [-0.05, 0) is 67.9 Å². The van der Waals surface area contributed by atoms with Crippen LogP contribution in [-0.4, -0.2) is 22.7 Å². The highest BCUT2D eigenvalue weighted by Crippen LogP contribution is 2.23. The smallest absolute Gasteiger partial charge is 0.255 e. The number of carbonyl (C=O) groups is 1. The number of hydrogen-bond donors (Lipinski definition) is 2. The molecule has 0 radical (unpaired) electrons. The van der Waals surface area contributed by atoms with Crippen molar-refractivity contribution in [3.05, 3.63) is 89.8 Å². The van der Waals surface area contributed by atoms with E-state index in [2.05, 4.69) is 20.8 Å². The van der Waals surface area contributed by atoms with Gasteiger partial charge in [-0.15, -0.1) is 0 Å². The molecule has 0 aliphatic heterocycles. The summed E-state index contributed by atoms with van der Waals surface area (Å²) in [7, 11) is 0. The Labute approximate surface area is 186 Å². The van der Waals surface area contributed by atoms with Gasteiger partial charge in [0.2, 0.25) is 11.7 Å². The highest BCUT2D eigenvalue weighted by atomic mass is 16.5. The summed E-state index contributed by atoms with van der Waals surface area (Å²) in [5.41, 5.74) is 4.07. The highest BCUT2D eigenvalue weighted by molar-refractivity contribution is 6.04. The van der Waals surface area contributed by atoms with E-state index in [0.717, 1.165) is 22.6 Å². The van der Waals surface area contributed by atoms with Crippen molar-refractivity contribution in [2.45, 2.75) is 20.4 Å². The van der Waals surface area contributed by atoms with Crippen molar-refractivity contribution in [3.8, 4) is 17.1 Å². The van der Waals surface area contributed by atoms with Crippen molar-refractivity contribution in [1.82, 2.24) is 10.1 Å². The first kappa shape index (κ1) is 21.1. The van der Waals surface area contributed by atoms with Crippen molar-refractivity contribution in [2.24, 2.45) is 0 Å². The largest absolute Gasteiger partial charge is 0.494 e. The number of aromatic nitrogens is 2. The lowest BCUT2D eigenvalue weighted by molar-refractivity contribution is 0.102. The molecular weight excluding hydrogens is 404 g/mol. The summed E-state index contributed by atoms with van der Waals surface area (Å²) in [6.45, 7) is 4.92. The fourth-order valence-corrected chi connectivity index (χ4v) is 3.16. The third-order valence-electron chi connectivity index (χ3n) is 4.85. The van der Waals surface area contributed by atoms with E-state index >= 15 is 0 Å². The molecule has 32 heavy (non-hydrogen) atoms. The summed E-state index contributed by atoms with van der Waals surface area (Å²) in [4.78, 5) is 16.9. The van der Waals surface area contributed by atoms with Crippen LogP contribution in [0.4, 0.5) is 11.4 Å². The standard InChI is InChI=1S/C25H24N4O3/c1-3-31-21-13-10-18(11-14-21)24-28-23(32-29-24)16-26-22-15-20(12-9-17(22)2)27-25(30)19-7-5-4-6-8-19/h4-15,26H,3,16H2,1-2H3,(H,27,30). The lowest BCUT2D eigenvalue weighted by atomic mass is 10.1. The van der Waals surface area contributed by atoms with E-state index in [9.17, 15) is 4.79 Å². The van der Waals surface area contributed by atoms with Crippen LogP contribution in [0.3, 0.4) is 0 Å². The molecular formula is C25H24N4O3. The number of ether oxygens (including phenoxy) is 1. The van der Waals surface area contributed by atoms with E-state index in [1.807, 2.05) is 74.5 Å². The molecule has 0 aliphatic rings. The van der Waals surface area contributed by atoms with Gasteiger partial charge in [0.1, 0.15) is 5.75 Å². The molecule has 7 heteroatoms. The Kier molecular flexibility index (Phi) is 6.46. The van der Waals surface area contributed by atoms with Crippen LogP contribution in [0, 0.1) is 6.92 Å². The quantitative estimate of drug-likeness (QED) is 0.395. The predicted octanol–water partition coefficient (Wildman–Crippen LogP) is 5.31. The van der Waals surface area contributed by atoms with Crippen LogP contribution in [0.25, 0.3) is 11.4 Å². The number of nitrogens with one attached hydrogen (secondary N) is 2. The normalized spacial score (nSPS) is 10.6. The van der Waals surface area contributed by atoms with E-state index in [0.29, 0.717) is 36.1 Å². The average Bonchev–Trinajstić information content (AvgIpc) is 3.30. The number of nitrogens with zero attached hydrogens (tertiary/aromatic N) is 2. The predicted molar refractivity (Wildman–Crippen MR) is 124 cm³/mol. The summed E-state index contributed by atoms with van der Waals surface area (Å²) in [6.07, 6.45) is 0.